The first-order valence-corrected chi connectivity index (χ1v) is 5.65. The summed E-state index contributed by atoms with van der Waals surface area (Å²) in [5.74, 6) is 1.66. The van der Waals surface area contributed by atoms with Crippen LogP contribution in [0.25, 0.3) is 0 Å². The second-order valence-electron chi connectivity index (χ2n) is 3.96. The summed E-state index contributed by atoms with van der Waals surface area (Å²) in [6.45, 7) is 2.16. The molecule has 0 atom stereocenters. The molecule has 3 rings (SSSR count). The highest BCUT2D eigenvalue weighted by molar-refractivity contribution is 5.76. The Morgan fingerprint density at radius 3 is 2.71 bits per heavy atom. The van der Waals surface area contributed by atoms with Gasteiger partial charge in [0.05, 0.1) is 6.21 Å². The molecule has 3 heterocycles. The van der Waals surface area contributed by atoms with Gasteiger partial charge in [-0.2, -0.15) is 5.10 Å². The SMILES string of the molecule is C(=N/n1cnnc1)/c1ccc(N2CCCC2)o1. The number of furan rings is 1. The molecule has 1 saturated heterocycles. The van der Waals surface area contributed by atoms with Crippen LogP contribution in [0, 0.1) is 0 Å². The standard InChI is InChI=1S/C11H13N5O/c1-2-6-15(5-1)11-4-3-10(17-11)7-14-16-8-12-13-9-16/h3-4,7-9H,1-2,5-6H2/b14-7-. The van der Waals surface area contributed by atoms with Gasteiger partial charge in [-0.25, -0.2) is 4.68 Å². The number of hydrogen-bond acceptors (Lipinski definition) is 5. The maximum atomic E-state index is 5.69. The number of aromatic nitrogens is 3. The lowest BCUT2D eigenvalue weighted by Gasteiger charge is -2.12. The maximum absolute atomic E-state index is 5.69. The van der Waals surface area contributed by atoms with E-state index in [0.717, 1.165) is 24.7 Å². The van der Waals surface area contributed by atoms with Gasteiger partial charge in [-0.15, -0.1) is 10.2 Å². The summed E-state index contributed by atoms with van der Waals surface area (Å²) in [4.78, 5) is 2.25. The van der Waals surface area contributed by atoms with Gasteiger partial charge in [-0.1, -0.05) is 0 Å². The highest BCUT2D eigenvalue weighted by atomic mass is 16.4. The van der Waals surface area contributed by atoms with Gasteiger partial charge in [0.2, 0.25) is 0 Å². The second kappa shape index (κ2) is 4.40. The van der Waals surface area contributed by atoms with Crippen molar-refractivity contribution >= 4 is 12.1 Å². The van der Waals surface area contributed by atoms with Gasteiger partial charge in [0.1, 0.15) is 18.4 Å². The molecule has 2 aromatic heterocycles. The molecular formula is C11H13N5O. The Hall–Kier alpha value is -2.11. The van der Waals surface area contributed by atoms with E-state index >= 15 is 0 Å². The van der Waals surface area contributed by atoms with Gasteiger partial charge in [0.15, 0.2) is 5.88 Å². The molecule has 0 saturated carbocycles. The predicted molar refractivity (Wildman–Crippen MR) is 63.2 cm³/mol. The minimum absolute atomic E-state index is 0.737. The van der Waals surface area contributed by atoms with Crippen molar-refractivity contribution in [2.45, 2.75) is 12.8 Å². The van der Waals surface area contributed by atoms with Crippen LogP contribution in [0.3, 0.4) is 0 Å². The van der Waals surface area contributed by atoms with Gasteiger partial charge in [-0.05, 0) is 18.9 Å². The average molecular weight is 231 g/mol. The van der Waals surface area contributed by atoms with Gasteiger partial charge in [0.25, 0.3) is 0 Å². The van der Waals surface area contributed by atoms with Gasteiger partial charge >= 0.3 is 0 Å². The minimum atomic E-state index is 0.737. The van der Waals surface area contributed by atoms with E-state index in [1.165, 1.54) is 30.2 Å². The first-order valence-electron chi connectivity index (χ1n) is 5.65. The smallest absolute Gasteiger partial charge is 0.196 e. The Kier molecular flexibility index (Phi) is 2.61. The lowest BCUT2D eigenvalue weighted by Crippen LogP contribution is -2.16. The third-order valence-corrected chi connectivity index (χ3v) is 2.76. The van der Waals surface area contributed by atoms with Gasteiger partial charge in [-0.3, -0.25) is 0 Å². The van der Waals surface area contributed by atoms with Gasteiger partial charge < -0.3 is 9.32 Å². The first-order chi connectivity index (χ1) is 8.42. The lowest BCUT2D eigenvalue weighted by atomic mass is 10.4. The van der Waals surface area contributed by atoms with Crippen LogP contribution in [-0.2, 0) is 0 Å². The van der Waals surface area contributed by atoms with Crippen LogP contribution >= 0.6 is 0 Å². The zero-order valence-electron chi connectivity index (χ0n) is 9.36. The Bertz CT molecular complexity index is 496. The fourth-order valence-corrected chi connectivity index (χ4v) is 1.90. The van der Waals surface area contributed by atoms with Crippen molar-refractivity contribution in [3.05, 3.63) is 30.5 Å². The van der Waals surface area contributed by atoms with E-state index in [2.05, 4.69) is 20.2 Å². The quantitative estimate of drug-likeness (QED) is 0.748. The lowest BCUT2D eigenvalue weighted by molar-refractivity contribution is 0.550. The van der Waals surface area contributed by atoms with Crippen molar-refractivity contribution in [2.24, 2.45) is 5.10 Å². The third-order valence-electron chi connectivity index (χ3n) is 2.76. The van der Waals surface area contributed by atoms with Crippen molar-refractivity contribution in [3.8, 4) is 0 Å². The van der Waals surface area contributed by atoms with Crippen LogP contribution < -0.4 is 4.90 Å². The third kappa shape index (κ3) is 2.20. The highest BCUT2D eigenvalue weighted by Crippen LogP contribution is 2.21. The van der Waals surface area contributed by atoms with Crippen LogP contribution in [0.4, 0.5) is 5.88 Å². The van der Waals surface area contributed by atoms with Crippen molar-refractivity contribution in [2.75, 3.05) is 18.0 Å². The summed E-state index contributed by atoms with van der Waals surface area (Å²) in [6, 6.07) is 3.90. The molecule has 0 spiro atoms. The number of hydrogen-bond donors (Lipinski definition) is 0. The molecule has 1 aliphatic rings. The van der Waals surface area contributed by atoms with E-state index < -0.39 is 0 Å². The molecule has 0 bridgehead atoms. The fraction of sp³-hybridized carbons (Fsp3) is 0.364. The van der Waals surface area contributed by atoms with Crippen LogP contribution in [-0.4, -0.2) is 34.2 Å². The van der Waals surface area contributed by atoms with Crippen LogP contribution in [0.5, 0.6) is 0 Å². The Morgan fingerprint density at radius 2 is 1.94 bits per heavy atom. The molecule has 0 aromatic carbocycles. The zero-order chi connectivity index (χ0) is 11.5. The molecule has 6 nitrogen and oxygen atoms in total. The molecule has 0 unspecified atom stereocenters. The van der Waals surface area contributed by atoms with Crippen molar-refractivity contribution in [3.63, 3.8) is 0 Å². The maximum Gasteiger partial charge on any atom is 0.196 e. The minimum Gasteiger partial charge on any atom is -0.440 e. The van der Waals surface area contributed by atoms with Gasteiger partial charge in [0, 0.05) is 19.2 Å². The van der Waals surface area contributed by atoms with E-state index in [4.69, 9.17) is 4.42 Å². The first kappa shape index (κ1) is 10.1. The topological polar surface area (TPSA) is 59.5 Å². The molecule has 17 heavy (non-hydrogen) atoms. The summed E-state index contributed by atoms with van der Waals surface area (Å²) in [5.41, 5.74) is 0. The summed E-state index contributed by atoms with van der Waals surface area (Å²) in [7, 11) is 0. The normalized spacial score (nSPS) is 16.1. The molecule has 1 fully saturated rings. The summed E-state index contributed by atoms with van der Waals surface area (Å²) in [5, 5.41) is 11.5. The largest absolute Gasteiger partial charge is 0.440 e. The highest BCUT2D eigenvalue weighted by Gasteiger charge is 2.14. The molecule has 1 aliphatic heterocycles. The van der Waals surface area contributed by atoms with E-state index in [1.54, 1.807) is 6.21 Å². The Labute approximate surface area is 98.6 Å². The molecule has 0 N–H and O–H groups in total. The molecule has 2 aromatic rings. The van der Waals surface area contributed by atoms with Crippen LogP contribution in [0.1, 0.15) is 18.6 Å². The number of nitrogens with zero attached hydrogens (tertiary/aromatic N) is 5. The monoisotopic (exact) mass is 231 g/mol. The van der Waals surface area contributed by atoms with Crippen LogP contribution in [0.2, 0.25) is 0 Å². The molecule has 0 amide bonds. The number of rotatable bonds is 3. The van der Waals surface area contributed by atoms with E-state index in [1.807, 2.05) is 12.1 Å². The molecule has 88 valence electrons. The van der Waals surface area contributed by atoms with E-state index in [9.17, 15) is 0 Å². The molecule has 0 aliphatic carbocycles. The molecular weight excluding hydrogens is 218 g/mol. The average Bonchev–Trinajstić information content (AvgIpc) is 3.09. The van der Waals surface area contributed by atoms with Crippen molar-refractivity contribution in [1.29, 1.82) is 0 Å². The fourth-order valence-electron chi connectivity index (χ4n) is 1.90. The van der Waals surface area contributed by atoms with Crippen molar-refractivity contribution in [1.82, 2.24) is 14.9 Å². The molecule has 6 heteroatoms. The zero-order valence-corrected chi connectivity index (χ0v) is 9.36. The summed E-state index contributed by atoms with van der Waals surface area (Å²) in [6.07, 6.45) is 7.19. The summed E-state index contributed by atoms with van der Waals surface area (Å²) < 4.78 is 7.21. The molecule has 0 radical (unpaired) electrons. The Morgan fingerprint density at radius 1 is 1.18 bits per heavy atom. The van der Waals surface area contributed by atoms with Crippen LogP contribution in [0.15, 0.2) is 34.3 Å². The number of anilines is 1. The predicted octanol–water partition coefficient (Wildman–Crippen LogP) is 1.35. The Balaban J connectivity index is 1.72. The summed E-state index contributed by atoms with van der Waals surface area (Å²) >= 11 is 0. The van der Waals surface area contributed by atoms with Crippen molar-refractivity contribution < 1.29 is 4.42 Å². The van der Waals surface area contributed by atoms with E-state index in [-0.39, 0.29) is 0 Å². The van der Waals surface area contributed by atoms with E-state index in [0.29, 0.717) is 0 Å². The second-order valence-corrected chi connectivity index (χ2v) is 3.96.